The largest absolute Gasteiger partial charge is 0.392 e. The Morgan fingerprint density at radius 3 is 2.79 bits per heavy atom. The summed E-state index contributed by atoms with van der Waals surface area (Å²) in [5.74, 6) is 0.429. The van der Waals surface area contributed by atoms with Gasteiger partial charge in [-0.05, 0) is 11.6 Å². The van der Waals surface area contributed by atoms with Crippen LogP contribution in [-0.2, 0) is 23.1 Å². The van der Waals surface area contributed by atoms with E-state index in [4.69, 9.17) is 5.11 Å². The molecule has 2 aromatic rings. The predicted octanol–water partition coefficient (Wildman–Crippen LogP) is 0.0829. The van der Waals surface area contributed by atoms with Gasteiger partial charge in [-0.15, -0.1) is 0 Å². The molecule has 0 amide bonds. The van der Waals surface area contributed by atoms with Crippen molar-refractivity contribution in [3.05, 3.63) is 42.0 Å². The van der Waals surface area contributed by atoms with Crippen molar-refractivity contribution in [3.8, 4) is 0 Å². The average molecular weight is 283 g/mol. The van der Waals surface area contributed by atoms with Gasteiger partial charge in [-0.25, -0.2) is 13.1 Å². The average Bonchev–Trinajstić information content (AvgIpc) is 2.91. The number of hydrogen-bond acceptors (Lipinski definition) is 6. The van der Waals surface area contributed by atoms with E-state index < -0.39 is 10.0 Å². The smallest absolute Gasteiger partial charge is 0.240 e. The topological polar surface area (TPSA) is 105 Å². The van der Waals surface area contributed by atoms with E-state index >= 15 is 0 Å². The van der Waals surface area contributed by atoms with Crippen molar-refractivity contribution < 1.29 is 18.0 Å². The number of aliphatic hydroxyl groups is 1. The van der Waals surface area contributed by atoms with Crippen LogP contribution in [0.2, 0.25) is 0 Å². The monoisotopic (exact) mass is 283 g/mol. The molecule has 0 aliphatic rings. The highest BCUT2D eigenvalue weighted by Gasteiger charge is 2.17. The zero-order chi connectivity index (χ0) is 13.7. The Kier molecular flexibility index (Phi) is 4.25. The Bertz CT molecular complexity index is 625. The summed E-state index contributed by atoms with van der Waals surface area (Å²) in [7, 11) is -3.65. The summed E-state index contributed by atoms with van der Waals surface area (Å²) < 4.78 is 31.1. The lowest BCUT2D eigenvalue weighted by atomic mass is 10.2. The summed E-state index contributed by atoms with van der Waals surface area (Å²) in [6.45, 7) is -0.177. The first-order valence-corrected chi connectivity index (χ1v) is 7.05. The van der Waals surface area contributed by atoms with Gasteiger partial charge < -0.3 is 9.63 Å². The standard InChI is InChI=1S/C11H13N3O4S/c15-7-9-3-1-2-4-10(9)19(16,17)13-6-5-11-12-8-18-14-11/h1-4,8,13,15H,5-7H2. The maximum Gasteiger partial charge on any atom is 0.240 e. The molecule has 0 spiro atoms. The van der Waals surface area contributed by atoms with Gasteiger partial charge in [-0.3, -0.25) is 0 Å². The number of aliphatic hydroxyl groups excluding tert-OH is 1. The summed E-state index contributed by atoms with van der Waals surface area (Å²) in [6.07, 6.45) is 1.52. The van der Waals surface area contributed by atoms with Gasteiger partial charge in [0.1, 0.15) is 0 Å². The zero-order valence-corrected chi connectivity index (χ0v) is 10.8. The minimum absolute atomic E-state index is 0.0746. The SMILES string of the molecule is O=S(=O)(NCCc1ncon1)c1ccccc1CO. The lowest BCUT2D eigenvalue weighted by molar-refractivity contribution is 0.278. The Morgan fingerprint density at radius 2 is 2.11 bits per heavy atom. The number of benzene rings is 1. The van der Waals surface area contributed by atoms with Crippen LogP contribution >= 0.6 is 0 Å². The van der Waals surface area contributed by atoms with Gasteiger partial charge in [-0.1, -0.05) is 23.4 Å². The lowest BCUT2D eigenvalue weighted by Crippen LogP contribution is -2.27. The molecule has 0 aliphatic heterocycles. The number of sulfonamides is 1. The van der Waals surface area contributed by atoms with E-state index in [9.17, 15) is 8.42 Å². The molecule has 0 atom stereocenters. The third kappa shape index (κ3) is 3.37. The second-order valence-electron chi connectivity index (χ2n) is 3.76. The third-order valence-corrected chi connectivity index (χ3v) is 4.04. The summed E-state index contributed by atoms with van der Waals surface area (Å²) >= 11 is 0. The van der Waals surface area contributed by atoms with Gasteiger partial charge >= 0.3 is 0 Å². The Hall–Kier alpha value is -1.77. The molecule has 2 rings (SSSR count). The maximum absolute atomic E-state index is 12.1. The summed E-state index contributed by atoms with van der Waals surface area (Å²) in [4.78, 5) is 3.86. The van der Waals surface area contributed by atoms with Crippen LogP contribution in [0.3, 0.4) is 0 Å². The van der Waals surface area contributed by atoms with E-state index in [0.717, 1.165) is 0 Å². The van der Waals surface area contributed by atoms with E-state index in [-0.39, 0.29) is 18.0 Å². The molecule has 0 bridgehead atoms. The lowest BCUT2D eigenvalue weighted by Gasteiger charge is -2.09. The van der Waals surface area contributed by atoms with Gasteiger partial charge in [-0.2, -0.15) is 4.98 Å². The molecular formula is C11H13N3O4S. The van der Waals surface area contributed by atoms with Crippen LogP contribution in [0.15, 0.2) is 40.1 Å². The van der Waals surface area contributed by atoms with Crippen LogP contribution in [-0.4, -0.2) is 30.2 Å². The molecule has 0 radical (unpaired) electrons. The Balaban J connectivity index is 2.05. The first-order chi connectivity index (χ1) is 9.13. The summed E-state index contributed by atoms with van der Waals surface area (Å²) in [5.41, 5.74) is 0.356. The van der Waals surface area contributed by atoms with Crippen LogP contribution in [0.25, 0.3) is 0 Å². The molecular weight excluding hydrogens is 270 g/mol. The maximum atomic E-state index is 12.1. The number of rotatable bonds is 6. The van der Waals surface area contributed by atoms with Gasteiger partial charge in [0.25, 0.3) is 0 Å². The first-order valence-electron chi connectivity index (χ1n) is 5.57. The van der Waals surface area contributed by atoms with Crippen LogP contribution in [0.1, 0.15) is 11.4 Å². The number of nitrogens with one attached hydrogen (secondary N) is 1. The van der Waals surface area contributed by atoms with Crippen molar-refractivity contribution in [3.63, 3.8) is 0 Å². The number of hydrogen-bond donors (Lipinski definition) is 2. The van der Waals surface area contributed by atoms with E-state index in [0.29, 0.717) is 17.8 Å². The van der Waals surface area contributed by atoms with Crippen LogP contribution < -0.4 is 4.72 Å². The second-order valence-corrected chi connectivity index (χ2v) is 5.50. The fraction of sp³-hybridized carbons (Fsp3) is 0.273. The highest BCUT2D eigenvalue weighted by Crippen LogP contribution is 2.14. The number of aromatic nitrogens is 2. The molecule has 1 aromatic carbocycles. The fourth-order valence-electron chi connectivity index (χ4n) is 1.57. The van der Waals surface area contributed by atoms with Crippen LogP contribution in [0.5, 0.6) is 0 Å². The minimum atomic E-state index is -3.65. The van der Waals surface area contributed by atoms with E-state index in [1.165, 1.54) is 12.5 Å². The molecule has 0 unspecified atom stereocenters. The molecule has 0 saturated heterocycles. The van der Waals surface area contributed by atoms with Crippen LogP contribution in [0, 0.1) is 0 Å². The fourth-order valence-corrected chi connectivity index (χ4v) is 2.84. The zero-order valence-electron chi connectivity index (χ0n) is 9.98. The van der Waals surface area contributed by atoms with Gasteiger partial charge in [0.05, 0.1) is 11.5 Å². The molecule has 2 N–H and O–H groups in total. The molecule has 1 heterocycles. The van der Waals surface area contributed by atoms with Crippen molar-refractivity contribution in [1.82, 2.24) is 14.9 Å². The molecule has 19 heavy (non-hydrogen) atoms. The summed E-state index contributed by atoms with van der Waals surface area (Å²) in [6, 6.07) is 6.28. The quantitative estimate of drug-likeness (QED) is 0.778. The van der Waals surface area contributed by atoms with Gasteiger partial charge in [0.2, 0.25) is 16.4 Å². The molecule has 1 aromatic heterocycles. The summed E-state index contributed by atoms with van der Waals surface area (Å²) in [5, 5.41) is 12.7. The Morgan fingerprint density at radius 1 is 1.32 bits per heavy atom. The second kappa shape index (κ2) is 5.91. The van der Waals surface area contributed by atoms with Crippen LogP contribution in [0.4, 0.5) is 0 Å². The third-order valence-electron chi connectivity index (χ3n) is 2.48. The van der Waals surface area contributed by atoms with Crippen molar-refractivity contribution >= 4 is 10.0 Å². The Labute approximate surface area is 110 Å². The molecule has 8 heteroatoms. The highest BCUT2D eigenvalue weighted by molar-refractivity contribution is 7.89. The van der Waals surface area contributed by atoms with Gasteiger partial charge in [0, 0.05) is 13.0 Å². The molecule has 7 nitrogen and oxygen atoms in total. The minimum Gasteiger partial charge on any atom is -0.392 e. The normalized spacial score (nSPS) is 11.6. The van der Waals surface area contributed by atoms with E-state index in [2.05, 4.69) is 19.4 Å². The van der Waals surface area contributed by atoms with Crippen molar-refractivity contribution in [1.29, 1.82) is 0 Å². The highest BCUT2D eigenvalue weighted by atomic mass is 32.2. The number of nitrogens with zero attached hydrogens (tertiary/aromatic N) is 2. The molecule has 0 aliphatic carbocycles. The van der Waals surface area contributed by atoms with Crippen molar-refractivity contribution in [2.45, 2.75) is 17.9 Å². The van der Waals surface area contributed by atoms with Gasteiger partial charge in [0.15, 0.2) is 5.82 Å². The predicted molar refractivity (Wildman–Crippen MR) is 65.6 cm³/mol. The van der Waals surface area contributed by atoms with E-state index in [1.807, 2.05) is 0 Å². The first kappa shape index (κ1) is 13.7. The van der Waals surface area contributed by atoms with E-state index in [1.54, 1.807) is 18.2 Å². The molecule has 102 valence electrons. The molecule has 0 saturated carbocycles. The molecule has 0 fully saturated rings. The van der Waals surface area contributed by atoms with Crippen molar-refractivity contribution in [2.75, 3.05) is 6.54 Å². The van der Waals surface area contributed by atoms with Crippen molar-refractivity contribution in [2.24, 2.45) is 0 Å².